The summed E-state index contributed by atoms with van der Waals surface area (Å²) in [7, 11) is 0. The Labute approximate surface area is 214 Å². The van der Waals surface area contributed by atoms with Gasteiger partial charge in [-0.15, -0.1) is 0 Å². The highest BCUT2D eigenvalue weighted by Crippen LogP contribution is 2.22. The predicted octanol–water partition coefficient (Wildman–Crippen LogP) is 5.14. The zero-order valence-corrected chi connectivity index (χ0v) is 20.2. The maximum absolute atomic E-state index is 13.0. The highest BCUT2D eigenvalue weighted by Gasteiger charge is 2.25. The number of aromatic nitrogens is 2. The lowest BCUT2D eigenvalue weighted by Crippen LogP contribution is -2.50. The summed E-state index contributed by atoms with van der Waals surface area (Å²) in [5, 5.41) is 3.86. The number of hydrogen-bond donors (Lipinski definition) is 1. The number of rotatable bonds is 5. The van der Waals surface area contributed by atoms with Crippen molar-refractivity contribution in [3.63, 3.8) is 0 Å². The normalized spacial score (nSPS) is 13.4. The number of carbonyl (C=O) groups excluding carboxylic acids is 2. The van der Waals surface area contributed by atoms with E-state index in [0.717, 1.165) is 16.9 Å². The van der Waals surface area contributed by atoms with Gasteiger partial charge in [0.2, 0.25) is 5.95 Å². The molecule has 7 nitrogen and oxygen atoms in total. The molecule has 1 aliphatic heterocycles. The van der Waals surface area contributed by atoms with E-state index >= 15 is 0 Å². The monoisotopic (exact) mass is 497 g/mol. The Morgan fingerprint density at radius 3 is 1.92 bits per heavy atom. The number of nitrogens with zero attached hydrogens (tertiary/aromatic N) is 4. The van der Waals surface area contributed by atoms with Crippen LogP contribution in [0.25, 0.3) is 11.3 Å². The molecular weight excluding hydrogens is 474 g/mol. The zero-order valence-electron chi connectivity index (χ0n) is 19.5. The molecule has 2 amide bonds. The molecule has 3 aromatic carbocycles. The Balaban J connectivity index is 1.19. The number of halogens is 1. The first-order valence-corrected chi connectivity index (χ1v) is 12.0. The molecule has 0 bridgehead atoms. The van der Waals surface area contributed by atoms with Gasteiger partial charge in [0, 0.05) is 59.8 Å². The highest BCUT2D eigenvalue weighted by molar-refractivity contribution is 6.30. The fraction of sp³-hybridized carbons (Fsp3) is 0.143. The van der Waals surface area contributed by atoms with Gasteiger partial charge in [-0.1, -0.05) is 41.9 Å². The summed E-state index contributed by atoms with van der Waals surface area (Å²) in [5.41, 5.74) is 3.76. The van der Waals surface area contributed by atoms with Crippen molar-refractivity contribution in [3.8, 4) is 11.3 Å². The third-order valence-electron chi connectivity index (χ3n) is 6.06. The van der Waals surface area contributed by atoms with Crippen molar-refractivity contribution >= 4 is 35.1 Å². The van der Waals surface area contributed by atoms with Crippen LogP contribution in [0.4, 0.5) is 11.6 Å². The average Bonchev–Trinajstić information content (AvgIpc) is 2.94. The van der Waals surface area contributed by atoms with Gasteiger partial charge < -0.3 is 15.1 Å². The van der Waals surface area contributed by atoms with E-state index in [9.17, 15) is 9.59 Å². The molecule has 5 rings (SSSR count). The van der Waals surface area contributed by atoms with E-state index in [4.69, 9.17) is 11.6 Å². The fourth-order valence-corrected chi connectivity index (χ4v) is 4.21. The summed E-state index contributed by atoms with van der Waals surface area (Å²) < 4.78 is 0. The van der Waals surface area contributed by atoms with Crippen molar-refractivity contribution in [1.29, 1.82) is 0 Å². The second kappa shape index (κ2) is 10.6. The van der Waals surface area contributed by atoms with Crippen LogP contribution in [0, 0.1) is 0 Å². The topological polar surface area (TPSA) is 78.4 Å². The van der Waals surface area contributed by atoms with Crippen LogP contribution in [0.3, 0.4) is 0 Å². The molecule has 2 heterocycles. The molecule has 1 saturated heterocycles. The molecule has 8 heteroatoms. The summed E-state index contributed by atoms with van der Waals surface area (Å²) in [5.74, 6) is 0.413. The van der Waals surface area contributed by atoms with E-state index in [1.807, 2.05) is 72.8 Å². The van der Waals surface area contributed by atoms with Crippen molar-refractivity contribution in [1.82, 2.24) is 19.8 Å². The van der Waals surface area contributed by atoms with E-state index in [2.05, 4.69) is 15.3 Å². The standard InChI is InChI=1S/C28H24ClN5O2/c29-23-10-6-20(7-11-23)25-14-15-30-28(32-25)31-24-12-8-22(9-13-24)27(36)34-18-16-33(17-19-34)26(35)21-4-2-1-3-5-21/h1-15H,16-19H2,(H,30,31,32). The molecule has 1 fully saturated rings. The fourth-order valence-electron chi connectivity index (χ4n) is 4.08. The molecule has 1 aromatic heterocycles. The largest absolute Gasteiger partial charge is 0.335 e. The molecule has 4 aromatic rings. The second-order valence-electron chi connectivity index (χ2n) is 8.43. The summed E-state index contributed by atoms with van der Waals surface area (Å²) in [4.78, 5) is 38.1. The van der Waals surface area contributed by atoms with Crippen LogP contribution in [0.5, 0.6) is 0 Å². The summed E-state index contributed by atoms with van der Waals surface area (Å²) in [6.45, 7) is 2.03. The Kier molecular flexibility index (Phi) is 6.91. The van der Waals surface area contributed by atoms with Gasteiger partial charge in [-0.3, -0.25) is 9.59 Å². The number of piperazine rings is 1. The number of carbonyl (C=O) groups is 2. The molecule has 1 N–H and O–H groups in total. The average molecular weight is 498 g/mol. The number of hydrogen-bond acceptors (Lipinski definition) is 5. The Hall–Kier alpha value is -4.23. The van der Waals surface area contributed by atoms with Gasteiger partial charge in [0.15, 0.2) is 0 Å². The smallest absolute Gasteiger partial charge is 0.253 e. The van der Waals surface area contributed by atoms with Crippen molar-refractivity contribution < 1.29 is 9.59 Å². The predicted molar refractivity (Wildman–Crippen MR) is 140 cm³/mol. The van der Waals surface area contributed by atoms with Crippen LogP contribution in [0.1, 0.15) is 20.7 Å². The SMILES string of the molecule is O=C(c1ccccc1)N1CCN(C(=O)c2ccc(Nc3nccc(-c4ccc(Cl)cc4)n3)cc2)CC1. The van der Waals surface area contributed by atoms with Gasteiger partial charge in [-0.05, 0) is 54.6 Å². The van der Waals surface area contributed by atoms with Crippen molar-refractivity contribution in [2.45, 2.75) is 0 Å². The maximum Gasteiger partial charge on any atom is 0.253 e. The first-order chi connectivity index (χ1) is 17.6. The first-order valence-electron chi connectivity index (χ1n) is 11.7. The van der Waals surface area contributed by atoms with Crippen LogP contribution >= 0.6 is 11.6 Å². The lowest BCUT2D eigenvalue weighted by molar-refractivity contribution is 0.0535. The van der Waals surface area contributed by atoms with Crippen LogP contribution < -0.4 is 5.32 Å². The van der Waals surface area contributed by atoms with Crippen molar-refractivity contribution in [3.05, 3.63) is 107 Å². The molecule has 180 valence electrons. The third-order valence-corrected chi connectivity index (χ3v) is 6.31. The summed E-state index contributed by atoms with van der Waals surface area (Å²) in [6.07, 6.45) is 1.69. The van der Waals surface area contributed by atoms with Gasteiger partial charge in [-0.25, -0.2) is 9.97 Å². The van der Waals surface area contributed by atoms with E-state index in [0.29, 0.717) is 48.3 Å². The molecular formula is C28H24ClN5O2. The molecule has 1 aliphatic rings. The second-order valence-corrected chi connectivity index (χ2v) is 8.86. The Morgan fingerprint density at radius 1 is 0.722 bits per heavy atom. The molecule has 0 aliphatic carbocycles. The Bertz CT molecular complexity index is 1350. The van der Waals surface area contributed by atoms with Crippen molar-refractivity contribution in [2.75, 3.05) is 31.5 Å². The van der Waals surface area contributed by atoms with Gasteiger partial charge in [-0.2, -0.15) is 0 Å². The molecule has 0 radical (unpaired) electrons. The first kappa shape index (κ1) is 23.5. The van der Waals surface area contributed by atoms with E-state index in [1.165, 1.54) is 0 Å². The van der Waals surface area contributed by atoms with Crippen LogP contribution in [-0.2, 0) is 0 Å². The number of amides is 2. The molecule has 0 saturated carbocycles. The van der Waals surface area contributed by atoms with E-state index < -0.39 is 0 Å². The molecule has 36 heavy (non-hydrogen) atoms. The third kappa shape index (κ3) is 5.37. The minimum absolute atomic E-state index is 0.000442. The molecule has 0 atom stereocenters. The van der Waals surface area contributed by atoms with Gasteiger partial charge in [0.05, 0.1) is 5.69 Å². The van der Waals surface area contributed by atoms with E-state index in [1.54, 1.807) is 28.1 Å². The number of benzene rings is 3. The van der Waals surface area contributed by atoms with Crippen LogP contribution in [0.15, 0.2) is 91.1 Å². The lowest BCUT2D eigenvalue weighted by Gasteiger charge is -2.35. The van der Waals surface area contributed by atoms with Crippen LogP contribution in [-0.4, -0.2) is 57.8 Å². The zero-order chi connectivity index (χ0) is 24.9. The van der Waals surface area contributed by atoms with E-state index in [-0.39, 0.29) is 11.8 Å². The van der Waals surface area contributed by atoms with Crippen LogP contribution in [0.2, 0.25) is 5.02 Å². The highest BCUT2D eigenvalue weighted by atomic mass is 35.5. The number of anilines is 2. The molecule has 0 spiro atoms. The van der Waals surface area contributed by atoms with Gasteiger partial charge in [0.25, 0.3) is 11.8 Å². The maximum atomic E-state index is 13.0. The molecule has 0 unspecified atom stereocenters. The summed E-state index contributed by atoms with van der Waals surface area (Å²) >= 11 is 5.98. The minimum Gasteiger partial charge on any atom is -0.335 e. The quantitative estimate of drug-likeness (QED) is 0.413. The minimum atomic E-state index is -0.0469. The van der Waals surface area contributed by atoms with Crippen molar-refractivity contribution in [2.24, 2.45) is 0 Å². The summed E-state index contributed by atoms with van der Waals surface area (Å²) in [6, 6.07) is 25.8. The van der Waals surface area contributed by atoms with Gasteiger partial charge in [0.1, 0.15) is 0 Å². The number of nitrogens with one attached hydrogen (secondary N) is 1. The lowest BCUT2D eigenvalue weighted by atomic mass is 10.1. The van der Waals surface area contributed by atoms with Gasteiger partial charge >= 0.3 is 0 Å². The Morgan fingerprint density at radius 2 is 1.31 bits per heavy atom.